The first-order valence-corrected chi connectivity index (χ1v) is 6.91. The van der Waals surface area contributed by atoms with Crippen LogP contribution in [0.5, 0.6) is 0 Å². The van der Waals surface area contributed by atoms with Gasteiger partial charge in [0.2, 0.25) is 0 Å². The molecule has 4 heteroatoms. The number of methoxy groups -OCH3 is 1. The molecule has 0 aliphatic rings. The van der Waals surface area contributed by atoms with Crippen LogP contribution in [-0.2, 0) is 15.9 Å². The summed E-state index contributed by atoms with van der Waals surface area (Å²) in [7, 11) is 3.65. The van der Waals surface area contributed by atoms with Gasteiger partial charge in [-0.05, 0) is 31.2 Å². The number of rotatable bonds is 8. The molecule has 2 aromatic rings. The molecule has 1 heterocycles. The van der Waals surface area contributed by atoms with Crippen LogP contribution >= 0.6 is 0 Å². The quantitative estimate of drug-likeness (QED) is 0.748. The molecule has 0 radical (unpaired) electrons. The zero-order valence-corrected chi connectivity index (χ0v) is 12.1. The number of para-hydroxylation sites is 1. The fraction of sp³-hybridized carbons (Fsp3) is 0.438. The van der Waals surface area contributed by atoms with Gasteiger partial charge < -0.3 is 14.8 Å². The smallest absolute Gasteiger partial charge is 0.0704 e. The van der Waals surface area contributed by atoms with Gasteiger partial charge >= 0.3 is 0 Å². The average Bonchev–Trinajstić information content (AvgIpc) is 2.50. The zero-order chi connectivity index (χ0) is 14.2. The third-order valence-corrected chi connectivity index (χ3v) is 3.36. The van der Waals surface area contributed by atoms with Crippen LogP contribution in [0.2, 0.25) is 0 Å². The number of ether oxygens (including phenoxy) is 2. The van der Waals surface area contributed by atoms with E-state index in [2.05, 4.69) is 28.5 Å². The molecule has 0 aliphatic heterocycles. The van der Waals surface area contributed by atoms with E-state index in [9.17, 15) is 0 Å². The highest BCUT2D eigenvalue weighted by atomic mass is 16.5. The number of pyridine rings is 1. The molecule has 1 N–H and O–H groups in total. The number of fused-ring (bicyclic) bond motifs is 1. The van der Waals surface area contributed by atoms with Crippen molar-refractivity contribution in [3.05, 3.63) is 42.1 Å². The van der Waals surface area contributed by atoms with Crippen LogP contribution in [0, 0.1) is 0 Å². The van der Waals surface area contributed by atoms with Crippen molar-refractivity contribution in [2.24, 2.45) is 0 Å². The SMILES string of the molecule is CNC(COCCOC)Cc1ccnc2ccccc12. The van der Waals surface area contributed by atoms with Crippen LogP contribution in [0.25, 0.3) is 10.9 Å². The van der Waals surface area contributed by atoms with Crippen LogP contribution < -0.4 is 5.32 Å². The van der Waals surface area contributed by atoms with E-state index in [0.29, 0.717) is 19.8 Å². The predicted molar refractivity (Wildman–Crippen MR) is 81.0 cm³/mol. The summed E-state index contributed by atoms with van der Waals surface area (Å²) >= 11 is 0. The Labute approximate surface area is 120 Å². The third-order valence-electron chi connectivity index (χ3n) is 3.36. The average molecular weight is 274 g/mol. The Bertz CT molecular complexity index is 525. The molecule has 1 aromatic heterocycles. The summed E-state index contributed by atoms with van der Waals surface area (Å²) in [6.07, 6.45) is 2.79. The van der Waals surface area contributed by atoms with Gasteiger partial charge in [-0.3, -0.25) is 4.98 Å². The Morgan fingerprint density at radius 3 is 2.85 bits per heavy atom. The van der Waals surface area contributed by atoms with Crippen molar-refractivity contribution in [3.63, 3.8) is 0 Å². The predicted octanol–water partition coefficient (Wildman–Crippen LogP) is 2.03. The van der Waals surface area contributed by atoms with E-state index in [1.54, 1.807) is 7.11 Å². The summed E-state index contributed by atoms with van der Waals surface area (Å²) in [4.78, 5) is 4.39. The molecule has 1 aromatic carbocycles. The molecule has 4 nitrogen and oxygen atoms in total. The number of nitrogens with zero attached hydrogens (tertiary/aromatic N) is 1. The van der Waals surface area contributed by atoms with Crippen molar-refractivity contribution >= 4 is 10.9 Å². The number of nitrogens with one attached hydrogen (secondary N) is 1. The van der Waals surface area contributed by atoms with Gasteiger partial charge in [0, 0.05) is 24.7 Å². The lowest BCUT2D eigenvalue weighted by atomic mass is 10.0. The maximum Gasteiger partial charge on any atom is 0.0704 e. The first kappa shape index (κ1) is 14.9. The first-order chi connectivity index (χ1) is 9.85. The molecule has 0 aliphatic carbocycles. The van der Waals surface area contributed by atoms with Crippen LogP contribution in [0.4, 0.5) is 0 Å². The lowest BCUT2D eigenvalue weighted by Crippen LogP contribution is -2.33. The van der Waals surface area contributed by atoms with Gasteiger partial charge in [0.25, 0.3) is 0 Å². The molecule has 108 valence electrons. The summed E-state index contributed by atoms with van der Waals surface area (Å²) in [5, 5.41) is 4.52. The fourth-order valence-electron chi connectivity index (χ4n) is 2.21. The Balaban J connectivity index is 2.02. The van der Waals surface area contributed by atoms with Crippen molar-refractivity contribution in [2.45, 2.75) is 12.5 Å². The maximum absolute atomic E-state index is 5.61. The van der Waals surface area contributed by atoms with Crippen LogP contribution in [0.1, 0.15) is 5.56 Å². The van der Waals surface area contributed by atoms with Crippen molar-refractivity contribution in [1.29, 1.82) is 0 Å². The van der Waals surface area contributed by atoms with E-state index < -0.39 is 0 Å². The molecule has 0 saturated heterocycles. The molecule has 20 heavy (non-hydrogen) atoms. The Morgan fingerprint density at radius 2 is 2.05 bits per heavy atom. The first-order valence-electron chi connectivity index (χ1n) is 6.91. The fourth-order valence-corrected chi connectivity index (χ4v) is 2.21. The number of aromatic nitrogens is 1. The molecule has 1 atom stereocenters. The topological polar surface area (TPSA) is 43.4 Å². The molecule has 2 rings (SSSR count). The van der Waals surface area contributed by atoms with Crippen LogP contribution in [0.15, 0.2) is 36.5 Å². The van der Waals surface area contributed by atoms with Crippen LogP contribution in [-0.4, -0.2) is 45.0 Å². The van der Waals surface area contributed by atoms with Gasteiger partial charge in [0.05, 0.1) is 25.3 Å². The lowest BCUT2D eigenvalue weighted by Gasteiger charge is -2.17. The van der Waals surface area contributed by atoms with Gasteiger partial charge in [0.1, 0.15) is 0 Å². The summed E-state index contributed by atoms with van der Waals surface area (Å²) in [6.45, 7) is 1.94. The molecular formula is C16H22N2O2. The minimum absolute atomic E-state index is 0.290. The lowest BCUT2D eigenvalue weighted by molar-refractivity contribution is 0.0598. The molecular weight excluding hydrogens is 252 g/mol. The summed E-state index contributed by atoms with van der Waals surface area (Å²) < 4.78 is 10.6. The number of hydrogen-bond donors (Lipinski definition) is 1. The van der Waals surface area contributed by atoms with Crippen molar-refractivity contribution in [1.82, 2.24) is 10.3 Å². The molecule has 0 amide bonds. The monoisotopic (exact) mass is 274 g/mol. The van der Waals surface area contributed by atoms with Gasteiger partial charge in [-0.1, -0.05) is 18.2 Å². The summed E-state index contributed by atoms with van der Waals surface area (Å²) in [6, 6.07) is 10.6. The van der Waals surface area contributed by atoms with Gasteiger partial charge in [-0.2, -0.15) is 0 Å². The molecule has 0 spiro atoms. The summed E-state index contributed by atoms with van der Waals surface area (Å²) in [5.74, 6) is 0. The number of benzene rings is 1. The van der Waals surface area contributed by atoms with E-state index in [0.717, 1.165) is 11.9 Å². The minimum atomic E-state index is 0.290. The Morgan fingerprint density at radius 1 is 1.20 bits per heavy atom. The molecule has 0 saturated carbocycles. The van der Waals surface area contributed by atoms with Gasteiger partial charge in [-0.15, -0.1) is 0 Å². The van der Waals surface area contributed by atoms with E-state index in [-0.39, 0.29) is 6.04 Å². The second-order valence-electron chi connectivity index (χ2n) is 4.74. The van der Waals surface area contributed by atoms with Crippen LogP contribution in [0.3, 0.4) is 0 Å². The largest absolute Gasteiger partial charge is 0.382 e. The number of likely N-dealkylation sites (N-methyl/N-ethyl adjacent to an activating group) is 1. The molecule has 0 bridgehead atoms. The van der Waals surface area contributed by atoms with Crippen molar-refractivity contribution < 1.29 is 9.47 Å². The van der Waals surface area contributed by atoms with Crippen molar-refractivity contribution in [3.8, 4) is 0 Å². The maximum atomic E-state index is 5.61. The van der Waals surface area contributed by atoms with E-state index >= 15 is 0 Å². The van der Waals surface area contributed by atoms with E-state index in [4.69, 9.17) is 9.47 Å². The zero-order valence-electron chi connectivity index (χ0n) is 12.1. The molecule has 1 unspecified atom stereocenters. The second-order valence-corrected chi connectivity index (χ2v) is 4.74. The standard InChI is InChI=1S/C16H22N2O2/c1-17-14(12-20-10-9-19-2)11-13-7-8-18-16-6-4-3-5-15(13)16/h3-8,14,17H,9-12H2,1-2H3. The Kier molecular flexibility index (Phi) is 5.92. The van der Waals surface area contributed by atoms with Gasteiger partial charge in [-0.25, -0.2) is 0 Å². The number of hydrogen-bond acceptors (Lipinski definition) is 4. The van der Waals surface area contributed by atoms with Gasteiger partial charge in [0.15, 0.2) is 0 Å². The highest BCUT2D eigenvalue weighted by Gasteiger charge is 2.10. The normalized spacial score (nSPS) is 12.7. The summed E-state index contributed by atoms with van der Waals surface area (Å²) in [5.41, 5.74) is 2.34. The minimum Gasteiger partial charge on any atom is -0.382 e. The highest BCUT2D eigenvalue weighted by molar-refractivity contribution is 5.81. The van der Waals surface area contributed by atoms with E-state index in [1.165, 1.54) is 10.9 Å². The third kappa shape index (κ3) is 4.00. The van der Waals surface area contributed by atoms with Crippen molar-refractivity contribution in [2.75, 3.05) is 34.0 Å². The Hall–Kier alpha value is -1.49. The second kappa shape index (κ2) is 7.94. The molecule has 0 fully saturated rings. The highest BCUT2D eigenvalue weighted by Crippen LogP contribution is 2.17. The van der Waals surface area contributed by atoms with E-state index in [1.807, 2.05) is 25.4 Å².